The molecule has 1 aliphatic heterocycles. The van der Waals surface area contributed by atoms with Crippen LogP contribution in [-0.2, 0) is 0 Å². The van der Waals surface area contributed by atoms with Crippen LogP contribution in [0.5, 0.6) is 11.5 Å². The number of fused-ring (bicyclic) bond motifs is 1. The van der Waals surface area contributed by atoms with Gasteiger partial charge in [0.25, 0.3) is 0 Å². The fraction of sp³-hybridized carbons (Fsp3) is 0.800. The molecule has 2 heteroatoms. The summed E-state index contributed by atoms with van der Waals surface area (Å²) in [5, 5.41) is 10.4. The summed E-state index contributed by atoms with van der Waals surface area (Å²) in [5.41, 5.74) is 4.32. The van der Waals surface area contributed by atoms with Crippen LogP contribution >= 0.6 is 0 Å². The molecule has 32 heavy (non-hydrogen) atoms. The third-order valence-corrected chi connectivity index (χ3v) is 7.60. The minimum absolute atomic E-state index is 0.256. The van der Waals surface area contributed by atoms with Gasteiger partial charge in [-0.25, -0.2) is 0 Å². The van der Waals surface area contributed by atoms with Crippen LogP contribution < -0.4 is 4.74 Å². The number of benzene rings is 1. The lowest BCUT2D eigenvalue weighted by Gasteiger charge is -2.18. The molecule has 186 valence electrons. The number of phenols is 1. The summed E-state index contributed by atoms with van der Waals surface area (Å²) in [7, 11) is 0. The van der Waals surface area contributed by atoms with Gasteiger partial charge in [-0.15, -0.1) is 0 Å². The van der Waals surface area contributed by atoms with Gasteiger partial charge in [0.15, 0.2) is 0 Å². The molecule has 0 saturated heterocycles. The van der Waals surface area contributed by atoms with Gasteiger partial charge < -0.3 is 9.84 Å². The molecule has 0 fully saturated rings. The Kier molecular flexibility index (Phi) is 12.8. The fourth-order valence-corrected chi connectivity index (χ4v) is 5.22. The van der Waals surface area contributed by atoms with Gasteiger partial charge in [-0.1, -0.05) is 93.4 Å². The molecule has 0 spiro atoms. The number of hydrogen-bond acceptors (Lipinski definition) is 2. The topological polar surface area (TPSA) is 29.5 Å². The van der Waals surface area contributed by atoms with Crippen molar-refractivity contribution < 1.29 is 9.84 Å². The SMILES string of the molecule is CC.Cc1c(C)c2c(c(C)c1O)C(C)C(CCCC(C)CCCC(C)CCCC(C)C)O2. The summed E-state index contributed by atoms with van der Waals surface area (Å²) >= 11 is 0. The zero-order valence-electron chi connectivity index (χ0n) is 23.1. The van der Waals surface area contributed by atoms with Crippen molar-refractivity contribution in [3.8, 4) is 11.5 Å². The van der Waals surface area contributed by atoms with Gasteiger partial charge in [-0.3, -0.25) is 0 Å². The number of phenolic OH excluding ortho intramolecular Hbond substituents is 1. The molecular weight excluding hydrogens is 392 g/mol. The van der Waals surface area contributed by atoms with E-state index in [-0.39, 0.29) is 6.10 Å². The molecule has 0 aromatic heterocycles. The number of hydrogen-bond donors (Lipinski definition) is 1. The zero-order chi connectivity index (χ0) is 24.4. The third kappa shape index (κ3) is 7.99. The van der Waals surface area contributed by atoms with E-state index in [4.69, 9.17) is 4.74 Å². The summed E-state index contributed by atoms with van der Waals surface area (Å²) < 4.78 is 6.40. The average Bonchev–Trinajstić information content (AvgIpc) is 3.08. The van der Waals surface area contributed by atoms with Crippen LogP contribution in [0.1, 0.15) is 134 Å². The summed E-state index contributed by atoms with van der Waals surface area (Å²) in [6, 6.07) is 0. The molecule has 1 N–H and O–H groups in total. The molecule has 4 unspecified atom stereocenters. The van der Waals surface area contributed by atoms with Crippen molar-refractivity contribution >= 4 is 0 Å². The van der Waals surface area contributed by atoms with Gasteiger partial charge in [0.2, 0.25) is 0 Å². The van der Waals surface area contributed by atoms with Crippen LogP contribution in [0.25, 0.3) is 0 Å². The summed E-state index contributed by atoms with van der Waals surface area (Å²) in [5.74, 6) is 4.40. The Balaban J connectivity index is 0.00000249. The smallest absolute Gasteiger partial charge is 0.127 e. The lowest BCUT2D eigenvalue weighted by atomic mass is 9.87. The molecule has 0 amide bonds. The van der Waals surface area contributed by atoms with Gasteiger partial charge in [-0.2, -0.15) is 0 Å². The van der Waals surface area contributed by atoms with E-state index in [1.165, 1.54) is 56.9 Å². The van der Waals surface area contributed by atoms with E-state index < -0.39 is 0 Å². The van der Waals surface area contributed by atoms with Crippen LogP contribution in [0.3, 0.4) is 0 Å². The maximum Gasteiger partial charge on any atom is 0.127 e. The van der Waals surface area contributed by atoms with Crippen LogP contribution in [0.2, 0.25) is 0 Å². The van der Waals surface area contributed by atoms with Crippen LogP contribution in [0.4, 0.5) is 0 Å². The van der Waals surface area contributed by atoms with Crippen LogP contribution in [-0.4, -0.2) is 11.2 Å². The highest BCUT2D eigenvalue weighted by Crippen LogP contribution is 2.48. The summed E-state index contributed by atoms with van der Waals surface area (Å²) in [6.07, 6.45) is 12.2. The number of ether oxygens (including phenoxy) is 1. The normalized spacial score (nSPS) is 19.2. The number of aromatic hydroxyl groups is 1. The van der Waals surface area contributed by atoms with Gasteiger partial charge >= 0.3 is 0 Å². The van der Waals surface area contributed by atoms with Crippen molar-refractivity contribution in [1.29, 1.82) is 0 Å². The largest absolute Gasteiger partial charge is 0.507 e. The van der Waals surface area contributed by atoms with Crippen LogP contribution in [0, 0.1) is 38.5 Å². The molecule has 0 bridgehead atoms. The van der Waals surface area contributed by atoms with E-state index >= 15 is 0 Å². The summed E-state index contributed by atoms with van der Waals surface area (Å²) in [6.45, 7) is 21.9. The van der Waals surface area contributed by atoms with Crippen molar-refractivity contribution in [2.45, 2.75) is 139 Å². The Labute approximate surface area is 200 Å². The maximum absolute atomic E-state index is 10.4. The zero-order valence-corrected chi connectivity index (χ0v) is 23.1. The van der Waals surface area contributed by atoms with Crippen LogP contribution in [0.15, 0.2) is 0 Å². The Morgan fingerprint density at radius 3 is 1.78 bits per heavy atom. The lowest BCUT2D eigenvalue weighted by Crippen LogP contribution is -2.17. The van der Waals surface area contributed by atoms with E-state index in [1.807, 2.05) is 27.7 Å². The Morgan fingerprint density at radius 1 is 0.750 bits per heavy atom. The van der Waals surface area contributed by atoms with Gasteiger partial charge in [0.1, 0.15) is 17.6 Å². The second-order valence-electron chi connectivity index (χ2n) is 10.8. The van der Waals surface area contributed by atoms with Crippen molar-refractivity contribution in [3.05, 3.63) is 22.3 Å². The monoisotopic (exact) mass is 446 g/mol. The first-order valence-corrected chi connectivity index (χ1v) is 13.6. The highest BCUT2D eigenvalue weighted by Gasteiger charge is 2.35. The third-order valence-electron chi connectivity index (χ3n) is 7.60. The molecule has 0 radical (unpaired) electrons. The number of rotatable bonds is 12. The quantitative estimate of drug-likeness (QED) is 0.346. The highest BCUT2D eigenvalue weighted by atomic mass is 16.5. The Hall–Kier alpha value is -1.18. The predicted octanol–water partition coefficient (Wildman–Crippen LogP) is 9.65. The molecule has 4 atom stereocenters. The molecular formula is C30H54O2. The molecule has 2 nitrogen and oxygen atoms in total. The van der Waals surface area contributed by atoms with E-state index in [9.17, 15) is 5.11 Å². The Morgan fingerprint density at radius 2 is 1.25 bits per heavy atom. The van der Waals surface area contributed by atoms with Gasteiger partial charge in [-0.05, 0) is 68.1 Å². The van der Waals surface area contributed by atoms with Crippen molar-refractivity contribution in [2.75, 3.05) is 0 Å². The first-order valence-electron chi connectivity index (χ1n) is 13.6. The lowest BCUT2D eigenvalue weighted by molar-refractivity contribution is 0.191. The molecule has 0 aliphatic carbocycles. The van der Waals surface area contributed by atoms with E-state index in [1.54, 1.807) is 0 Å². The highest BCUT2D eigenvalue weighted by molar-refractivity contribution is 5.60. The standard InChI is InChI=1S/C28H48O2.C2H6/c1-18(2)12-9-13-19(3)14-10-15-20(4)16-11-17-25-23(7)26-24(8)27(29)21(5)22(6)28(26)30-25;1-2/h18-20,23,25,29H,9-17H2,1-8H3;1-2H3. The molecule has 1 aromatic carbocycles. The van der Waals surface area contributed by atoms with E-state index in [2.05, 4.69) is 41.5 Å². The minimum Gasteiger partial charge on any atom is -0.507 e. The van der Waals surface area contributed by atoms with E-state index in [0.29, 0.717) is 11.7 Å². The summed E-state index contributed by atoms with van der Waals surface area (Å²) in [4.78, 5) is 0. The second kappa shape index (κ2) is 14.2. The predicted molar refractivity (Wildman–Crippen MR) is 141 cm³/mol. The molecule has 1 aliphatic rings. The molecule has 0 saturated carbocycles. The molecule has 1 aromatic rings. The minimum atomic E-state index is 0.256. The first-order chi connectivity index (χ1) is 15.1. The van der Waals surface area contributed by atoms with Crippen molar-refractivity contribution in [1.82, 2.24) is 0 Å². The van der Waals surface area contributed by atoms with Gasteiger partial charge in [0, 0.05) is 11.5 Å². The Bertz CT molecular complexity index is 676. The van der Waals surface area contributed by atoms with E-state index in [0.717, 1.165) is 46.6 Å². The van der Waals surface area contributed by atoms with Crippen molar-refractivity contribution in [3.63, 3.8) is 0 Å². The average molecular weight is 447 g/mol. The molecule has 2 rings (SSSR count). The second-order valence-corrected chi connectivity index (χ2v) is 10.8. The fourth-order valence-electron chi connectivity index (χ4n) is 5.22. The van der Waals surface area contributed by atoms with Gasteiger partial charge in [0.05, 0.1) is 0 Å². The first kappa shape index (κ1) is 28.9. The maximum atomic E-state index is 10.4. The molecule has 1 heterocycles. The van der Waals surface area contributed by atoms with Crippen molar-refractivity contribution in [2.24, 2.45) is 17.8 Å².